The van der Waals surface area contributed by atoms with E-state index in [1.54, 1.807) is 48.5 Å². The number of benzene rings is 6. The molecule has 0 spiro atoms. The fourth-order valence-electron chi connectivity index (χ4n) is 15.8. The minimum Gasteiger partial charge on any atom is -0.457 e. The predicted molar refractivity (Wildman–Crippen MR) is 461 cm³/mol. The van der Waals surface area contributed by atoms with Gasteiger partial charge in [0.2, 0.25) is 0 Å². The Labute approximate surface area is 678 Å². The molecule has 4 aliphatic heterocycles. The van der Waals surface area contributed by atoms with Crippen molar-refractivity contribution in [2.75, 3.05) is 0 Å². The number of unbranched alkanes of at least 4 members (excludes halogenated alkanes) is 38. The summed E-state index contributed by atoms with van der Waals surface area (Å²) in [6.07, 6.45) is 58.3. The number of aromatic nitrogens is 2. The van der Waals surface area contributed by atoms with E-state index in [1.807, 2.05) is 97.1 Å². The van der Waals surface area contributed by atoms with Crippen LogP contribution in [0.25, 0.3) is 67.9 Å². The lowest BCUT2D eigenvalue weighted by Crippen LogP contribution is -2.08. The van der Waals surface area contributed by atoms with Gasteiger partial charge in [-0.2, -0.15) is 21.0 Å². The van der Waals surface area contributed by atoms with Gasteiger partial charge in [0.1, 0.15) is 73.0 Å². The molecule has 6 aromatic carbocycles. The van der Waals surface area contributed by atoms with Crippen LogP contribution in [-0.4, -0.2) is 33.0 Å². The third-order valence-corrected chi connectivity index (χ3v) is 22.4. The maximum absolute atomic E-state index is 13.7. The molecular weight excluding hydrogens is 1410 g/mol. The first kappa shape index (κ1) is 87.7. The average Bonchev–Trinajstić information content (AvgIpc) is 1.61. The summed E-state index contributed by atoms with van der Waals surface area (Å²) in [6, 6.07) is 45.4. The number of rotatable bonds is 42. The van der Waals surface area contributed by atoms with Crippen molar-refractivity contribution in [3.63, 3.8) is 0 Å². The van der Waals surface area contributed by atoms with Gasteiger partial charge in [-0.1, -0.05) is 331 Å². The summed E-state index contributed by atoms with van der Waals surface area (Å²) in [5.41, 5.74) is 7.99. The van der Waals surface area contributed by atoms with Crippen LogP contribution in [0.3, 0.4) is 0 Å². The van der Waals surface area contributed by atoms with Gasteiger partial charge in [0.15, 0.2) is 0 Å². The molecule has 0 N–H and O–H groups in total. The smallest absolute Gasteiger partial charge is 0.349 e. The van der Waals surface area contributed by atoms with Gasteiger partial charge in [-0.3, -0.25) is 0 Å². The van der Waals surface area contributed by atoms with E-state index < -0.39 is 23.9 Å². The van der Waals surface area contributed by atoms with E-state index in [1.165, 1.54) is 243 Å². The van der Waals surface area contributed by atoms with Gasteiger partial charge in [0, 0.05) is 56.7 Å². The van der Waals surface area contributed by atoms with E-state index in [-0.39, 0.29) is 48.7 Å². The highest BCUT2D eigenvalue weighted by molar-refractivity contribution is 6.12. The molecule has 2 aromatic heterocycles. The molecule has 0 fully saturated rings. The molecule has 0 amide bonds. The van der Waals surface area contributed by atoms with Gasteiger partial charge in [-0.25, -0.2) is 19.2 Å². The average molecular weight is 1540 g/mol. The first-order valence-corrected chi connectivity index (χ1v) is 43.4. The van der Waals surface area contributed by atoms with E-state index in [4.69, 9.17) is 18.9 Å². The predicted octanol–water partition coefficient (Wildman–Crippen LogP) is 26.5. The first-order valence-electron chi connectivity index (χ1n) is 43.4. The highest BCUT2D eigenvalue weighted by Crippen LogP contribution is 2.36. The fraction of sp³-hybridized carbons (Fsp3) is 0.480. The van der Waals surface area contributed by atoms with Crippen LogP contribution < -0.4 is 0 Å². The first-order chi connectivity index (χ1) is 56.0. The quantitative estimate of drug-likeness (QED) is 0.0199. The number of nitriles is 4. The van der Waals surface area contributed by atoms with Crippen LogP contribution in [0.15, 0.2) is 144 Å². The molecule has 14 heteroatoms. The van der Waals surface area contributed by atoms with Crippen LogP contribution >= 0.6 is 0 Å². The Kier molecular flexibility index (Phi) is 38.5. The maximum atomic E-state index is 13.7. The van der Waals surface area contributed by atoms with Gasteiger partial charge < -0.3 is 28.1 Å². The zero-order valence-electron chi connectivity index (χ0n) is 68.3. The topological polar surface area (TPSA) is 210 Å². The molecule has 8 aromatic rings. The van der Waals surface area contributed by atoms with E-state index in [2.05, 4.69) is 23.0 Å². The fourth-order valence-corrected chi connectivity index (χ4v) is 15.8. The van der Waals surface area contributed by atoms with E-state index in [0.717, 1.165) is 95.2 Å². The monoisotopic (exact) mass is 1530 g/mol. The number of hydrogen-bond donors (Lipinski definition) is 0. The van der Waals surface area contributed by atoms with Gasteiger partial charge in [-0.15, -0.1) is 0 Å². The molecule has 0 saturated heterocycles. The number of nitrogens with zero attached hydrogens (tertiary/aromatic N) is 6. The van der Waals surface area contributed by atoms with Crippen molar-refractivity contribution in [3.8, 4) is 24.3 Å². The molecule has 0 aliphatic carbocycles. The third kappa shape index (κ3) is 28.7. The van der Waals surface area contributed by atoms with Crippen molar-refractivity contribution in [2.24, 2.45) is 0 Å². The summed E-state index contributed by atoms with van der Waals surface area (Å²) in [6.45, 7) is 5.53. The largest absolute Gasteiger partial charge is 0.457 e. The highest BCUT2D eigenvalue weighted by atomic mass is 16.5. The molecule has 6 heterocycles. The lowest BCUT2D eigenvalue weighted by atomic mass is 10.0. The molecule has 12 rings (SSSR count). The minimum atomic E-state index is -0.803. The number of carbonyl (C=O) groups is 4. The molecule has 0 atom stereocenters. The Bertz CT molecular complexity index is 4160. The zero-order valence-corrected chi connectivity index (χ0v) is 68.3. The molecule has 12 bridgehead atoms. The van der Waals surface area contributed by atoms with Crippen molar-refractivity contribution in [3.05, 3.63) is 188 Å². The molecule has 14 nitrogen and oxygen atoms in total. The van der Waals surface area contributed by atoms with Crippen molar-refractivity contribution in [1.82, 2.24) is 9.13 Å². The Morgan fingerprint density at radius 3 is 0.605 bits per heavy atom. The van der Waals surface area contributed by atoms with Gasteiger partial charge >= 0.3 is 23.9 Å². The summed E-state index contributed by atoms with van der Waals surface area (Å²) in [5.74, 6) is -3.21. The summed E-state index contributed by atoms with van der Waals surface area (Å²) < 4.78 is 27.4. The Morgan fingerprint density at radius 2 is 0.430 bits per heavy atom. The maximum Gasteiger partial charge on any atom is 0.349 e. The number of carbonyl (C=O) groups excluding carboxylic acids is 4. The molecule has 0 saturated carbocycles. The second-order valence-electron chi connectivity index (χ2n) is 31.5. The SMILES string of the molecule is CCCCCCCCCCCCCCCCCCCCCCn1c2ccc3cc2c2cc(ccc21)/C=C(\C#N)C(=O)OCc1ccc(cc1)COC(=O)/C(C#N)=C/c1ccc2c(c1)c1cc(ccc1n2CCCCCCCCCCCCCCCCCCCCCC)/C=C(\C#N)C(=O)OCc1ccc(cc1)COC(=O)/C(C#N)=C/3. The third-order valence-electron chi connectivity index (χ3n) is 22.4. The molecule has 114 heavy (non-hydrogen) atoms. The lowest BCUT2D eigenvalue weighted by molar-refractivity contribution is -0.140. The Balaban J connectivity index is 0.854. The van der Waals surface area contributed by atoms with Crippen molar-refractivity contribution >= 4 is 91.8 Å². The van der Waals surface area contributed by atoms with Crippen LogP contribution in [0.5, 0.6) is 0 Å². The molecule has 4 aliphatic rings. The molecule has 600 valence electrons. The van der Waals surface area contributed by atoms with Crippen molar-refractivity contribution in [2.45, 2.75) is 310 Å². The number of ether oxygens (including phenoxy) is 4. The number of hydrogen-bond acceptors (Lipinski definition) is 12. The molecule has 0 radical (unpaired) electrons. The zero-order chi connectivity index (χ0) is 80.2. The lowest BCUT2D eigenvalue weighted by Gasteiger charge is -2.09. The van der Waals surface area contributed by atoms with Crippen LogP contribution in [0.2, 0.25) is 0 Å². The Hall–Kier alpha value is -10.3. The molecule has 0 unspecified atom stereocenters. The van der Waals surface area contributed by atoms with E-state index in [0.29, 0.717) is 44.5 Å². The van der Waals surface area contributed by atoms with Crippen LogP contribution in [-0.2, 0) is 77.6 Å². The second-order valence-corrected chi connectivity index (χ2v) is 31.5. The minimum absolute atomic E-state index is 0.136. The van der Waals surface area contributed by atoms with Crippen LogP contribution in [0.4, 0.5) is 0 Å². The van der Waals surface area contributed by atoms with Gasteiger partial charge in [-0.05, 0) is 130 Å². The van der Waals surface area contributed by atoms with E-state index >= 15 is 0 Å². The summed E-state index contributed by atoms with van der Waals surface area (Å²) >= 11 is 0. The number of esters is 4. The summed E-state index contributed by atoms with van der Waals surface area (Å²) in [7, 11) is 0. The number of aryl methyl sites for hydroxylation is 2. The normalized spacial score (nSPS) is 15.3. The van der Waals surface area contributed by atoms with Gasteiger partial charge in [0.25, 0.3) is 0 Å². The van der Waals surface area contributed by atoms with Crippen LogP contribution in [0.1, 0.15) is 315 Å². The van der Waals surface area contributed by atoms with E-state index in [9.17, 15) is 40.2 Å². The standard InChI is InChI=1S/C100H122N6O8/c1-3-5-7-9-11-13-15-17-19-21-23-25-27-29-31-33-35-37-39-41-59-105-93-55-51-81-61-85(69-101)97(107)111-73-77-43-47-79(48-44-77)75-113-99(109)87(71-103)63-83-53-57-95-91(67-83)92-68-84(54-58-96(92)106(95)60-42-40-38-36-34-32-30-28-26-24-22-20-18-16-14-12-10-8-6-4-2)64-88(72-104)100(110)114-76-80-49-45-78(46-50-80)74-112-98(108)86(70-102)62-82-52-56-94(105)90(66-82)89(93)65-81/h43-58,61-68H,3-42,59-60,73-76H2,1-2H3/b85-61+,86-62+,87-63+,88-64+. The second kappa shape index (κ2) is 50.1. The van der Waals surface area contributed by atoms with Crippen LogP contribution in [0, 0.1) is 45.3 Å². The highest BCUT2D eigenvalue weighted by Gasteiger charge is 2.21. The van der Waals surface area contributed by atoms with Crippen molar-refractivity contribution < 1.29 is 38.1 Å². The van der Waals surface area contributed by atoms with Crippen molar-refractivity contribution in [1.29, 1.82) is 21.0 Å². The summed E-state index contributed by atoms with van der Waals surface area (Å²) in [4.78, 5) is 54.7. The Morgan fingerprint density at radius 1 is 0.254 bits per heavy atom. The van der Waals surface area contributed by atoms with Gasteiger partial charge in [0.05, 0.1) is 0 Å². The molecular formula is C100H122N6O8. The summed E-state index contributed by atoms with van der Waals surface area (Å²) in [5, 5.41) is 45.0.